The SMILES string of the molecule is CNCCc1cc2c(s1)C(C)CCC2OC. The fourth-order valence-electron chi connectivity index (χ4n) is 2.42. The van der Waals surface area contributed by atoms with Crippen molar-refractivity contribution in [3.63, 3.8) is 0 Å². The summed E-state index contributed by atoms with van der Waals surface area (Å²) < 4.78 is 5.57. The van der Waals surface area contributed by atoms with Crippen molar-refractivity contribution < 1.29 is 4.74 Å². The first-order valence-electron chi connectivity index (χ1n) is 6.06. The van der Waals surface area contributed by atoms with Crippen molar-refractivity contribution in [2.24, 2.45) is 0 Å². The van der Waals surface area contributed by atoms with Crippen LogP contribution in [0.5, 0.6) is 0 Å². The number of thiophene rings is 1. The van der Waals surface area contributed by atoms with Crippen molar-refractivity contribution in [3.05, 3.63) is 21.4 Å². The molecule has 3 heteroatoms. The summed E-state index contributed by atoms with van der Waals surface area (Å²) >= 11 is 1.98. The molecule has 0 fully saturated rings. The average molecular weight is 239 g/mol. The average Bonchev–Trinajstić information content (AvgIpc) is 2.72. The van der Waals surface area contributed by atoms with Gasteiger partial charge in [0, 0.05) is 16.9 Å². The zero-order valence-electron chi connectivity index (χ0n) is 10.4. The number of ether oxygens (including phenoxy) is 1. The lowest BCUT2D eigenvalue weighted by molar-refractivity contribution is 0.0859. The van der Waals surface area contributed by atoms with Crippen LogP contribution in [0.3, 0.4) is 0 Å². The van der Waals surface area contributed by atoms with Gasteiger partial charge in [-0.3, -0.25) is 0 Å². The van der Waals surface area contributed by atoms with Crippen LogP contribution in [0.1, 0.15) is 47.1 Å². The van der Waals surface area contributed by atoms with Gasteiger partial charge in [-0.1, -0.05) is 6.92 Å². The van der Waals surface area contributed by atoms with Crippen LogP contribution in [0.4, 0.5) is 0 Å². The molecule has 0 saturated heterocycles. The van der Waals surface area contributed by atoms with E-state index in [0.29, 0.717) is 6.10 Å². The highest BCUT2D eigenvalue weighted by atomic mass is 32.1. The molecule has 0 bridgehead atoms. The van der Waals surface area contributed by atoms with E-state index in [1.165, 1.54) is 23.3 Å². The minimum absolute atomic E-state index is 0.339. The molecule has 0 radical (unpaired) electrons. The molecule has 0 spiro atoms. The van der Waals surface area contributed by atoms with Gasteiger partial charge in [-0.05, 0) is 50.4 Å². The Bertz CT molecular complexity index is 348. The fraction of sp³-hybridized carbons (Fsp3) is 0.692. The Labute approximate surface area is 102 Å². The van der Waals surface area contributed by atoms with Crippen LogP contribution in [0.15, 0.2) is 6.07 Å². The van der Waals surface area contributed by atoms with Crippen LogP contribution in [-0.4, -0.2) is 20.7 Å². The molecule has 1 N–H and O–H groups in total. The molecule has 1 aliphatic rings. The van der Waals surface area contributed by atoms with Gasteiger partial charge in [0.2, 0.25) is 0 Å². The monoisotopic (exact) mass is 239 g/mol. The molecule has 1 heterocycles. The Kier molecular flexibility index (Phi) is 4.00. The summed E-state index contributed by atoms with van der Waals surface area (Å²) in [6.07, 6.45) is 3.91. The van der Waals surface area contributed by atoms with Crippen LogP contribution in [0.25, 0.3) is 0 Å². The highest BCUT2D eigenvalue weighted by Gasteiger charge is 2.26. The minimum atomic E-state index is 0.339. The molecule has 1 aromatic heterocycles. The molecule has 0 saturated carbocycles. The molecule has 1 aromatic rings. The maximum absolute atomic E-state index is 5.57. The number of methoxy groups -OCH3 is 1. The van der Waals surface area contributed by atoms with Gasteiger partial charge in [0.25, 0.3) is 0 Å². The summed E-state index contributed by atoms with van der Waals surface area (Å²) in [5.74, 6) is 0.717. The largest absolute Gasteiger partial charge is 0.377 e. The number of fused-ring (bicyclic) bond motifs is 1. The molecular formula is C13H21NOS. The molecule has 16 heavy (non-hydrogen) atoms. The lowest BCUT2D eigenvalue weighted by Gasteiger charge is -2.25. The van der Waals surface area contributed by atoms with E-state index >= 15 is 0 Å². The van der Waals surface area contributed by atoms with E-state index in [1.807, 2.05) is 25.5 Å². The van der Waals surface area contributed by atoms with Gasteiger partial charge in [0.15, 0.2) is 0 Å². The van der Waals surface area contributed by atoms with E-state index < -0.39 is 0 Å². The van der Waals surface area contributed by atoms with Crippen LogP contribution >= 0.6 is 11.3 Å². The summed E-state index contributed by atoms with van der Waals surface area (Å²) in [5, 5.41) is 3.21. The minimum Gasteiger partial charge on any atom is -0.377 e. The predicted octanol–water partition coefficient (Wildman–Crippen LogP) is 3.09. The molecule has 0 amide bonds. The van der Waals surface area contributed by atoms with Gasteiger partial charge in [-0.15, -0.1) is 11.3 Å². The molecule has 0 aliphatic heterocycles. The zero-order valence-corrected chi connectivity index (χ0v) is 11.2. The Morgan fingerprint density at radius 3 is 3.00 bits per heavy atom. The summed E-state index contributed by atoms with van der Waals surface area (Å²) in [4.78, 5) is 3.05. The summed E-state index contributed by atoms with van der Waals surface area (Å²) in [7, 11) is 3.84. The number of likely N-dealkylation sites (N-methyl/N-ethyl adjacent to an activating group) is 1. The van der Waals surface area contributed by atoms with Crippen molar-refractivity contribution in [2.75, 3.05) is 20.7 Å². The lowest BCUT2D eigenvalue weighted by atomic mass is 9.88. The quantitative estimate of drug-likeness (QED) is 0.872. The smallest absolute Gasteiger partial charge is 0.0832 e. The maximum atomic E-state index is 5.57. The topological polar surface area (TPSA) is 21.3 Å². The molecular weight excluding hydrogens is 218 g/mol. The van der Waals surface area contributed by atoms with Gasteiger partial charge in [-0.25, -0.2) is 0 Å². The van der Waals surface area contributed by atoms with Crippen molar-refractivity contribution in [1.82, 2.24) is 5.32 Å². The third-order valence-electron chi connectivity index (χ3n) is 3.40. The second-order valence-corrected chi connectivity index (χ2v) is 5.76. The van der Waals surface area contributed by atoms with E-state index in [-0.39, 0.29) is 0 Å². The second-order valence-electron chi connectivity index (χ2n) is 4.59. The number of hydrogen-bond acceptors (Lipinski definition) is 3. The van der Waals surface area contributed by atoms with Crippen molar-refractivity contribution in [1.29, 1.82) is 0 Å². The normalized spacial score (nSPS) is 24.4. The Balaban J connectivity index is 2.21. The van der Waals surface area contributed by atoms with E-state index in [1.54, 1.807) is 4.88 Å². The lowest BCUT2D eigenvalue weighted by Crippen LogP contribution is -2.11. The van der Waals surface area contributed by atoms with Crippen LogP contribution in [0, 0.1) is 0 Å². The molecule has 0 aromatic carbocycles. The first-order chi connectivity index (χ1) is 7.76. The first-order valence-corrected chi connectivity index (χ1v) is 6.87. The number of hydrogen-bond donors (Lipinski definition) is 1. The molecule has 2 atom stereocenters. The molecule has 2 unspecified atom stereocenters. The third-order valence-corrected chi connectivity index (χ3v) is 4.85. The molecule has 1 aliphatic carbocycles. The summed E-state index contributed by atoms with van der Waals surface area (Å²) in [6, 6.07) is 2.36. The molecule has 2 rings (SSSR count). The van der Waals surface area contributed by atoms with Crippen molar-refractivity contribution in [2.45, 2.75) is 38.2 Å². The van der Waals surface area contributed by atoms with E-state index in [2.05, 4.69) is 18.3 Å². The maximum Gasteiger partial charge on any atom is 0.0832 e. The summed E-state index contributed by atoms with van der Waals surface area (Å²) in [5.41, 5.74) is 1.46. The van der Waals surface area contributed by atoms with Gasteiger partial charge in [0.1, 0.15) is 0 Å². The van der Waals surface area contributed by atoms with Crippen molar-refractivity contribution >= 4 is 11.3 Å². The third kappa shape index (κ3) is 2.31. The Morgan fingerprint density at radius 1 is 1.50 bits per heavy atom. The zero-order chi connectivity index (χ0) is 11.5. The van der Waals surface area contributed by atoms with Crippen LogP contribution < -0.4 is 5.32 Å². The first kappa shape index (κ1) is 12.1. The summed E-state index contributed by atoms with van der Waals surface area (Å²) in [6.45, 7) is 3.40. The van der Waals surface area contributed by atoms with Crippen LogP contribution in [-0.2, 0) is 11.2 Å². The highest BCUT2D eigenvalue weighted by molar-refractivity contribution is 7.12. The van der Waals surface area contributed by atoms with Crippen LogP contribution in [0.2, 0.25) is 0 Å². The van der Waals surface area contributed by atoms with Gasteiger partial charge < -0.3 is 10.1 Å². The van der Waals surface area contributed by atoms with Gasteiger partial charge in [0.05, 0.1) is 6.10 Å². The van der Waals surface area contributed by atoms with E-state index in [4.69, 9.17) is 4.74 Å². The van der Waals surface area contributed by atoms with Crippen molar-refractivity contribution in [3.8, 4) is 0 Å². The molecule has 90 valence electrons. The number of nitrogens with one attached hydrogen (secondary N) is 1. The molecule has 2 nitrogen and oxygen atoms in total. The Morgan fingerprint density at radius 2 is 2.31 bits per heavy atom. The van der Waals surface area contributed by atoms with Gasteiger partial charge in [-0.2, -0.15) is 0 Å². The predicted molar refractivity (Wildman–Crippen MR) is 69.3 cm³/mol. The fourth-order valence-corrected chi connectivity index (χ4v) is 3.71. The highest BCUT2D eigenvalue weighted by Crippen LogP contribution is 2.43. The van der Waals surface area contributed by atoms with E-state index in [9.17, 15) is 0 Å². The Hall–Kier alpha value is -0.380. The standard InChI is InChI=1S/C13H21NOS/c1-9-4-5-12(15-3)11-8-10(6-7-14-2)16-13(9)11/h8-9,12,14H,4-7H2,1-3H3. The number of rotatable bonds is 4. The van der Waals surface area contributed by atoms with Gasteiger partial charge >= 0.3 is 0 Å². The second kappa shape index (κ2) is 5.30. The van der Waals surface area contributed by atoms with E-state index in [0.717, 1.165) is 18.9 Å².